The van der Waals surface area contributed by atoms with E-state index in [0.29, 0.717) is 0 Å². The van der Waals surface area contributed by atoms with Gasteiger partial charge in [-0.25, -0.2) is 0 Å². The van der Waals surface area contributed by atoms with E-state index in [9.17, 15) is 0 Å². The van der Waals surface area contributed by atoms with E-state index in [1.54, 1.807) is 6.20 Å². The van der Waals surface area contributed by atoms with Crippen LogP contribution in [0, 0.1) is 0 Å². The predicted molar refractivity (Wildman–Crippen MR) is 35.2 cm³/mol. The monoisotopic (exact) mass is 122 g/mol. The summed E-state index contributed by atoms with van der Waals surface area (Å²) in [6, 6.07) is 0. The Morgan fingerprint density at radius 2 is 2.56 bits per heavy atom. The predicted octanol–water partition coefficient (Wildman–Crippen LogP) is 0.537. The molecule has 1 aromatic heterocycles. The summed E-state index contributed by atoms with van der Waals surface area (Å²) in [4.78, 5) is 4.07. The van der Waals surface area contributed by atoms with Crippen molar-refractivity contribution >= 4 is 17.7 Å². The summed E-state index contributed by atoms with van der Waals surface area (Å²) in [5.41, 5.74) is 0.890. The Morgan fingerprint density at radius 3 is 3.44 bits per heavy atom. The van der Waals surface area contributed by atoms with Crippen LogP contribution >= 0.6 is 0 Å². The second-order valence-electron chi connectivity index (χ2n) is 1.82. The van der Waals surface area contributed by atoms with Crippen LogP contribution in [0.3, 0.4) is 0 Å². The van der Waals surface area contributed by atoms with Gasteiger partial charge in [-0.1, -0.05) is 0 Å². The molecule has 0 aliphatic carbocycles. The molecule has 1 aromatic rings. The van der Waals surface area contributed by atoms with Crippen molar-refractivity contribution in [2.75, 3.05) is 11.9 Å². The first kappa shape index (κ1) is 4.55. The summed E-state index contributed by atoms with van der Waals surface area (Å²) in [5, 5.41) is 9.66. The molecular weight excluding hydrogens is 116 g/mol. The summed E-state index contributed by atoms with van der Waals surface area (Å²) in [5.74, 6) is 0.914. The third-order valence-electron chi connectivity index (χ3n) is 1.22. The molecule has 4 heteroatoms. The number of aromatic nitrogens is 2. The lowest BCUT2D eigenvalue weighted by atomic mass is 10.4. The van der Waals surface area contributed by atoms with Gasteiger partial charge in [0.2, 0.25) is 0 Å². The fourth-order valence-corrected chi connectivity index (χ4v) is 0.799. The van der Waals surface area contributed by atoms with Crippen molar-refractivity contribution in [2.24, 2.45) is 4.99 Å². The second kappa shape index (κ2) is 1.58. The molecule has 2 rings (SSSR count). The molecule has 0 radical (unpaired) electrons. The lowest BCUT2D eigenvalue weighted by Crippen LogP contribution is -2.05. The lowest BCUT2D eigenvalue weighted by molar-refractivity contribution is 1.08. The van der Waals surface area contributed by atoms with Crippen LogP contribution in [-0.2, 0) is 0 Å². The topological polar surface area (TPSA) is 53.1 Å². The Labute approximate surface area is 52.0 Å². The molecule has 0 saturated heterocycles. The van der Waals surface area contributed by atoms with Gasteiger partial charge in [0.15, 0.2) is 0 Å². The van der Waals surface area contributed by atoms with E-state index in [-0.39, 0.29) is 0 Å². The third-order valence-corrected chi connectivity index (χ3v) is 1.22. The van der Waals surface area contributed by atoms with Gasteiger partial charge in [0, 0.05) is 6.21 Å². The fourth-order valence-electron chi connectivity index (χ4n) is 0.799. The van der Waals surface area contributed by atoms with Crippen LogP contribution < -0.4 is 5.32 Å². The van der Waals surface area contributed by atoms with Gasteiger partial charge in [-0.05, 0) is 0 Å². The summed E-state index contributed by atoms with van der Waals surface area (Å²) >= 11 is 0. The van der Waals surface area contributed by atoms with Crippen molar-refractivity contribution in [3.63, 3.8) is 0 Å². The summed E-state index contributed by atoms with van der Waals surface area (Å²) in [6.45, 7) is 0.787. The second-order valence-corrected chi connectivity index (χ2v) is 1.82. The third kappa shape index (κ3) is 0.595. The zero-order valence-electron chi connectivity index (χ0n) is 4.76. The summed E-state index contributed by atoms with van der Waals surface area (Å²) < 4.78 is 0. The molecule has 1 aliphatic heterocycles. The van der Waals surface area contributed by atoms with Crippen LogP contribution in [0.15, 0.2) is 11.2 Å². The number of anilines is 1. The van der Waals surface area contributed by atoms with Crippen molar-refractivity contribution < 1.29 is 0 Å². The van der Waals surface area contributed by atoms with Gasteiger partial charge >= 0.3 is 0 Å². The van der Waals surface area contributed by atoms with Gasteiger partial charge in [-0.3, -0.25) is 10.1 Å². The molecule has 9 heavy (non-hydrogen) atoms. The van der Waals surface area contributed by atoms with Crippen LogP contribution in [0.2, 0.25) is 0 Å². The van der Waals surface area contributed by atoms with Crippen LogP contribution in [0.1, 0.15) is 0 Å². The maximum absolute atomic E-state index is 4.07. The van der Waals surface area contributed by atoms with Crippen molar-refractivity contribution in [3.05, 3.63) is 6.20 Å². The van der Waals surface area contributed by atoms with E-state index < -0.39 is 0 Å². The Kier molecular flexibility index (Phi) is 0.798. The molecule has 2 heterocycles. The van der Waals surface area contributed by atoms with Crippen molar-refractivity contribution in [1.82, 2.24) is 10.2 Å². The van der Waals surface area contributed by atoms with Gasteiger partial charge in [-0.15, -0.1) is 0 Å². The summed E-state index contributed by atoms with van der Waals surface area (Å²) in [7, 11) is 0. The van der Waals surface area contributed by atoms with Crippen molar-refractivity contribution in [1.29, 1.82) is 0 Å². The number of nitrogens with one attached hydrogen (secondary N) is 2. The molecule has 0 spiro atoms. The van der Waals surface area contributed by atoms with E-state index in [0.717, 1.165) is 18.1 Å². The standard InChI is InChI=1S/C5H6N4/c1-2-7-5-4(6-1)3-8-9-5/h1,3H,2H2,(H2,7,8,9). The first-order valence-corrected chi connectivity index (χ1v) is 2.76. The number of aromatic amines is 1. The Morgan fingerprint density at radius 1 is 1.56 bits per heavy atom. The lowest BCUT2D eigenvalue weighted by Gasteiger charge is -2.03. The molecule has 0 aromatic carbocycles. The van der Waals surface area contributed by atoms with E-state index in [1.807, 2.05) is 6.21 Å². The van der Waals surface area contributed by atoms with Gasteiger partial charge in [0.25, 0.3) is 0 Å². The van der Waals surface area contributed by atoms with Gasteiger partial charge in [0.1, 0.15) is 11.5 Å². The molecular formula is C5H6N4. The zero-order valence-corrected chi connectivity index (χ0v) is 4.76. The normalized spacial score (nSPS) is 14.7. The van der Waals surface area contributed by atoms with Gasteiger partial charge in [-0.2, -0.15) is 5.10 Å². The SMILES string of the molecule is C1=Nc2cn[nH]c2NC1. The number of aliphatic imine (C=N–C) groups is 1. The molecule has 0 saturated carbocycles. The molecule has 0 atom stereocenters. The quantitative estimate of drug-likeness (QED) is 0.527. The van der Waals surface area contributed by atoms with Crippen LogP contribution in [0.25, 0.3) is 0 Å². The average molecular weight is 122 g/mol. The Balaban J connectivity index is 2.53. The molecule has 4 nitrogen and oxygen atoms in total. The minimum atomic E-state index is 0.787. The summed E-state index contributed by atoms with van der Waals surface area (Å²) in [6.07, 6.45) is 3.51. The van der Waals surface area contributed by atoms with E-state index >= 15 is 0 Å². The van der Waals surface area contributed by atoms with Crippen LogP contribution in [0.5, 0.6) is 0 Å². The van der Waals surface area contributed by atoms with E-state index in [4.69, 9.17) is 0 Å². The highest BCUT2D eigenvalue weighted by Crippen LogP contribution is 2.21. The van der Waals surface area contributed by atoms with E-state index in [2.05, 4.69) is 20.5 Å². The highest BCUT2D eigenvalue weighted by Gasteiger charge is 2.03. The fraction of sp³-hybridized carbons (Fsp3) is 0.200. The largest absolute Gasteiger partial charge is 0.364 e. The molecule has 0 amide bonds. The highest BCUT2D eigenvalue weighted by molar-refractivity contribution is 5.77. The van der Waals surface area contributed by atoms with Crippen molar-refractivity contribution in [2.45, 2.75) is 0 Å². The number of rotatable bonds is 0. The molecule has 0 fully saturated rings. The zero-order chi connectivity index (χ0) is 6.10. The smallest absolute Gasteiger partial charge is 0.148 e. The maximum atomic E-state index is 4.07. The van der Waals surface area contributed by atoms with E-state index in [1.165, 1.54) is 0 Å². The number of fused-ring (bicyclic) bond motifs is 1. The number of H-pyrrole nitrogens is 1. The number of nitrogens with zero attached hydrogens (tertiary/aromatic N) is 2. The molecule has 1 aliphatic rings. The molecule has 46 valence electrons. The highest BCUT2D eigenvalue weighted by atomic mass is 15.2. The molecule has 0 unspecified atom stereocenters. The maximum Gasteiger partial charge on any atom is 0.148 e. The first-order chi connectivity index (χ1) is 4.47. The van der Waals surface area contributed by atoms with Gasteiger partial charge < -0.3 is 5.32 Å². The first-order valence-electron chi connectivity index (χ1n) is 2.76. The van der Waals surface area contributed by atoms with Crippen molar-refractivity contribution in [3.8, 4) is 0 Å². The minimum Gasteiger partial charge on any atom is -0.364 e. The van der Waals surface area contributed by atoms with Gasteiger partial charge in [0.05, 0.1) is 12.7 Å². The van der Waals surface area contributed by atoms with Crippen LogP contribution in [-0.4, -0.2) is 23.0 Å². The molecule has 2 N–H and O–H groups in total. The number of hydrogen-bond acceptors (Lipinski definition) is 3. The Bertz CT molecular complexity index is 237. The molecule has 0 bridgehead atoms. The average Bonchev–Trinajstić information content (AvgIpc) is 2.33. The van der Waals surface area contributed by atoms with Crippen LogP contribution in [0.4, 0.5) is 11.5 Å². The Hall–Kier alpha value is -1.32. The number of hydrogen-bond donors (Lipinski definition) is 2. The minimum absolute atomic E-state index is 0.787.